The minimum Gasteiger partial charge on any atom is -0.477 e. The van der Waals surface area contributed by atoms with Crippen molar-refractivity contribution in [2.75, 3.05) is 0 Å². The average Bonchev–Trinajstić information content (AvgIpc) is 2.60. The molecule has 2 aromatic rings. The van der Waals surface area contributed by atoms with Crippen LogP contribution in [-0.2, 0) is 0 Å². The van der Waals surface area contributed by atoms with Crippen LogP contribution in [-0.4, -0.2) is 30.6 Å². The van der Waals surface area contributed by atoms with Gasteiger partial charge in [-0.2, -0.15) is 0 Å². The zero-order valence-electron chi connectivity index (χ0n) is 8.88. The molecule has 2 heterocycles. The van der Waals surface area contributed by atoms with Crippen molar-refractivity contribution in [2.45, 2.75) is 13.8 Å². The van der Waals surface area contributed by atoms with Gasteiger partial charge in [0.15, 0.2) is 5.69 Å². The maximum atomic E-state index is 10.8. The van der Waals surface area contributed by atoms with Crippen LogP contribution < -0.4 is 0 Å². The molecular formula is C10H10N4O2. The smallest absolute Gasteiger partial charge is 0.354 e. The van der Waals surface area contributed by atoms with Crippen molar-refractivity contribution in [3.63, 3.8) is 0 Å². The first-order valence-corrected chi connectivity index (χ1v) is 4.67. The van der Waals surface area contributed by atoms with E-state index in [1.165, 1.54) is 12.3 Å². The van der Waals surface area contributed by atoms with Crippen LogP contribution in [0.25, 0.3) is 5.95 Å². The van der Waals surface area contributed by atoms with Gasteiger partial charge in [-0.25, -0.2) is 19.7 Å². The number of imidazole rings is 1. The Morgan fingerprint density at radius 3 is 2.69 bits per heavy atom. The number of nitrogens with zero attached hydrogens (tertiary/aromatic N) is 4. The van der Waals surface area contributed by atoms with Crippen molar-refractivity contribution < 1.29 is 9.90 Å². The lowest BCUT2D eigenvalue weighted by Crippen LogP contribution is -2.07. The van der Waals surface area contributed by atoms with Crippen molar-refractivity contribution in [2.24, 2.45) is 0 Å². The highest BCUT2D eigenvalue weighted by atomic mass is 16.4. The largest absolute Gasteiger partial charge is 0.477 e. The number of hydrogen-bond donors (Lipinski definition) is 1. The third-order valence-corrected chi connectivity index (χ3v) is 2.33. The Bertz CT molecular complexity index is 548. The van der Waals surface area contributed by atoms with Crippen molar-refractivity contribution in [3.8, 4) is 5.95 Å². The van der Waals surface area contributed by atoms with Gasteiger partial charge in [-0.15, -0.1) is 0 Å². The van der Waals surface area contributed by atoms with Gasteiger partial charge < -0.3 is 5.11 Å². The van der Waals surface area contributed by atoms with E-state index >= 15 is 0 Å². The molecule has 0 radical (unpaired) electrons. The summed E-state index contributed by atoms with van der Waals surface area (Å²) in [6.45, 7) is 3.74. The average molecular weight is 218 g/mol. The van der Waals surface area contributed by atoms with Gasteiger partial charge in [0, 0.05) is 11.9 Å². The van der Waals surface area contributed by atoms with Gasteiger partial charge in [-0.1, -0.05) is 0 Å². The molecule has 0 saturated heterocycles. The van der Waals surface area contributed by atoms with E-state index in [1.54, 1.807) is 10.9 Å². The van der Waals surface area contributed by atoms with E-state index in [4.69, 9.17) is 5.11 Å². The second-order valence-corrected chi connectivity index (χ2v) is 3.33. The predicted molar refractivity (Wildman–Crippen MR) is 55.6 cm³/mol. The first-order chi connectivity index (χ1) is 7.59. The Kier molecular flexibility index (Phi) is 2.40. The SMILES string of the molecule is Cc1ncn(-c2nccc(C(=O)O)n2)c1C. The molecule has 0 aromatic carbocycles. The maximum Gasteiger partial charge on any atom is 0.354 e. The van der Waals surface area contributed by atoms with Crippen LogP contribution in [0.5, 0.6) is 0 Å². The second-order valence-electron chi connectivity index (χ2n) is 3.33. The molecule has 0 spiro atoms. The quantitative estimate of drug-likeness (QED) is 0.812. The van der Waals surface area contributed by atoms with Crippen molar-refractivity contribution in [3.05, 3.63) is 35.7 Å². The monoisotopic (exact) mass is 218 g/mol. The van der Waals surface area contributed by atoms with Gasteiger partial charge in [0.25, 0.3) is 0 Å². The number of hydrogen-bond acceptors (Lipinski definition) is 4. The summed E-state index contributed by atoms with van der Waals surface area (Å²) >= 11 is 0. The molecule has 0 bridgehead atoms. The van der Waals surface area contributed by atoms with Gasteiger partial charge in [0.05, 0.1) is 5.69 Å². The molecule has 82 valence electrons. The lowest BCUT2D eigenvalue weighted by molar-refractivity contribution is 0.0690. The highest BCUT2D eigenvalue weighted by Gasteiger charge is 2.10. The summed E-state index contributed by atoms with van der Waals surface area (Å²) in [5.74, 6) is -0.754. The van der Waals surface area contributed by atoms with E-state index in [9.17, 15) is 4.79 Å². The van der Waals surface area contributed by atoms with E-state index < -0.39 is 5.97 Å². The zero-order valence-corrected chi connectivity index (χ0v) is 8.88. The van der Waals surface area contributed by atoms with E-state index in [1.807, 2.05) is 13.8 Å². The number of carbonyl (C=O) groups is 1. The van der Waals surface area contributed by atoms with Crippen molar-refractivity contribution in [1.29, 1.82) is 0 Å². The Balaban J connectivity index is 2.52. The molecular weight excluding hydrogens is 208 g/mol. The van der Waals surface area contributed by atoms with Gasteiger partial charge in [0.1, 0.15) is 6.33 Å². The molecule has 0 fully saturated rings. The Morgan fingerprint density at radius 2 is 2.12 bits per heavy atom. The number of aromatic carboxylic acids is 1. The molecule has 2 aromatic heterocycles. The van der Waals surface area contributed by atoms with Gasteiger partial charge in [-0.3, -0.25) is 4.57 Å². The van der Waals surface area contributed by atoms with Crippen LogP contribution in [0.2, 0.25) is 0 Å². The summed E-state index contributed by atoms with van der Waals surface area (Å²) in [5, 5.41) is 8.82. The molecule has 1 N–H and O–H groups in total. The summed E-state index contributed by atoms with van der Waals surface area (Å²) in [7, 11) is 0. The lowest BCUT2D eigenvalue weighted by Gasteiger charge is -2.03. The summed E-state index contributed by atoms with van der Waals surface area (Å²) in [5.41, 5.74) is 1.72. The minimum absolute atomic E-state index is 0.0317. The first-order valence-electron chi connectivity index (χ1n) is 4.67. The van der Waals surface area contributed by atoms with Crippen LogP contribution in [0.4, 0.5) is 0 Å². The van der Waals surface area contributed by atoms with Crippen LogP contribution in [0.3, 0.4) is 0 Å². The fraction of sp³-hybridized carbons (Fsp3) is 0.200. The first kappa shape index (κ1) is 10.3. The lowest BCUT2D eigenvalue weighted by atomic mass is 10.4. The van der Waals surface area contributed by atoms with Crippen LogP contribution in [0, 0.1) is 13.8 Å². The Hall–Kier alpha value is -2.24. The normalized spacial score (nSPS) is 10.4. The standard InChI is InChI=1S/C10H10N4O2/c1-6-7(2)14(5-12-6)10-11-4-3-8(13-10)9(15)16/h3-5H,1-2H3,(H,15,16). The van der Waals surface area contributed by atoms with Crippen molar-refractivity contribution in [1.82, 2.24) is 19.5 Å². The number of rotatable bonds is 2. The molecule has 0 aliphatic rings. The molecule has 0 aliphatic heterocycles. The Labute approximate surface area is 91.6 Å². The third kappa shape index (κ3) is 1.65. The fourth-order valence-corrected chi connectivity index (χ4v) is 1.28. The third-order valence-electron chi connectivity index (χ3n) is 2.33. The summed E-state index contributed by atoms with van der Waals surface area (Å²) in [6.07, 6.45) is 2.99. The van der Waals surface area contributed by atoms with Crippen LogP contribution >= 0.6 is 0 Å². The Morgan fingerprint density at radius 1 is 1.38 bits per heavy atom. The summed E-state index contributed by atoms with van der Waals surface area (Å²) in [4.78, 5) is 22.8. The molecule has 2 rings (SSSR count). The second kappa shape index (κ2) is 3.73. The number of aromatic nitrogens is 4. The highest BCUT2D eigenvalue weighted by molar-refractivity contribution is 5.85. The topological polar surface area (TPSA) is 80.9 Å². The molecule has 0 aliphatic carbocycles. The molecule has 6 heteroatoms. The summed E-state index contributed by atoms with van der Waals surface area (Å²) < 4.78 is 1.65. The number of aryl methyl sites for hydroxylation is 1. The molecule has 0 saturated carbocycles. The predicted octanol–water partition coefficient (Wildman–Crippen LogP) is 0.977. The zero-order chi connectivity index (χ0) is 11.7. The van der Waals surface area contributed by atoms with Gasteiger partial charge in [-0.05, 0) is 19.9 Å². The molecule has 16 heavy (non-hydrogen) atoms. The maximum absolute atomic E-state index is 10.8. The van der Waals surface area contributed by atoms with Crippen molar-refractivity contribution >= 4 is 5.97 Å². The van der Waals surface area contributed by atoms with Crippen LogP contribution in [0.15, 0.2) is 18.6 Å². The van der Waals surface area contributed by atoms with Gasteiger partial charge in [0.2, 0.25) is 5.95 Å². The van der Waals surface area contributed by atoms with Crippen LogP contribution in [0.1, 0.15) is 21.9 Å². The van der Waals surface area contributed by atoms with Gasteiger partial charge >= 0.3 is 5.97 Å². The molecule has 0 atom stereocenters. The van der Waals surface area contributed by atoms with E-state index in [0.29, 0.717) is 5.95 Å². The minimum atomic E-state index is -1.07. The molecule has 0 unspecified atom stereocenters. The fourth-order valence-electron chi connectivity index (χ4n) is 1.28. The molecule has 0 amide bonds. The van der Waals surface area contributed by atoms with E-state index in [-0.39, 0.29) is 5.69 Å². The van der Waals surface area contributed by atoms with E-state index in [2.05, 4.69) is 15.0 Å². The number of carboxylic acid groups (broad SMARTS) is 1. The highest BCUT2D eigenvalue weighted by Crippen LogP contribution is 2.09. The number of carboxylic acids is 1. The molecule has 6 nitrogen and oxygen atoms in total. The van der Waals surface area contributed by atoms with E-state index in [0.717, 1.165) is 11.4 Å². The summed E-state index contributed by atoms with van der Waals surface area (Å²) in [6, 6.07) is 1.35.